The van der Waals surface area contributed by atoms with E-state index < -0.39 is 21.5 Å². The Morgan fingerprint density at radius 2 is 1.80 bits per heavy atom. The van der Waals surface area contributed by atoms with E-state index >= 15 is 0 Å². The summed E-state index contributed by atoms with van der Waals surface area (Å²) >= 11 is 0. The van der Waals surface area contributed by atoms with E-state index in [1.807, 2.05) is 27.7 Å². The Morgan fingerprint density at radius 1 is 1.20 bits per heavy atom. The third-order valence-corrected chi connectivity index (χ3v) is 4.59. The summed E-state index contributed by atoms with van der Waals surface area (Å²) in [5.41, 5.74) is 1.41. The Kier molecular flexibility index (Phi) is 3.49. The lowest BCUT2D eigenvalue weighted by atomic mass is 9.88. The van der Waals surface area contributed by atoms with Gasteiger partial charge in [-0.15, -0.1) is 0 Å². The molecule has 20 heavy (non-hydrogen) atoms. The average molecular weight is 300 g/mol. The standard InChI is InChI=1S/C14H20O5S/c1-9-6-7-11(20(15,16)17)10(2)12(9)14(5)8-18-13(3,4)19-14/h6-7H,8H2,1-5H3,(H,15,16,17)/t14-/m0/s1. The molecule has 1 aliphatic heterocycles. The lowest BCUT2D eigenvalue weighted by Gasteiger charge is -2.29. The molecule has 1 N–H and O–H groups in total. The highest BCUT2D eigenvalue weighted by atomic mass is 32.2. The Hall–Kier alpha value is -0.950. The van der Waals surface area contributed by atoms with E-state index in [-0.39, 0.29) is 4.90 Å². The zero-order valence-corrected chi connectivity index (χ0v) is 13.2. The number of hydrogen-bond acceptors (Lipinski definition) is 4. The molecule has 112 valence electrons. The fourth-order valence-corrected chi connectivity index (χ4v) is 3.69. The van der Waals surface area contributed by atoms with Gasteiger partial charge in [0.1, 0.15) is 5.60 Å². The minimum Gasteiger partial charge on any atom is -0.347 e. The summed E-state index contributed by atoms with van der Waals surface area (Å²) in [6, 6.07) is 3.08. The molecule has 1 aliphatic rings. The van der Waals surface area contributed by atoms with Gasteiger partial charge in [-0.2, -0.15) is 8.42 Å². The average Bonchev–Trinajstić information content (AvgIpc) is 2.51. The van der Waals surface area contributed by atoms with E-state index in [2.05, 4.69) is 0 Å². The molecule has 0 bridgehead atoms. The minimum absolute atomic E-state index is 0.0902. The van der Waals surface area contributed by atoms with Crippen molar-refractivity contribution in [2.75, 3.05) is 6.61 Å². The molecule has 0 aromatic heterocycles. The number of ether oxygens (including phenoxy) is 2. The molecule has 1 fully saturated rings. The van der Waals surface area contributed by atoms with Crippen LogP contribution in [0.25, 0.3) is 0 Å². The smallest absolute Gasteiger partial charge is 0.294 e. The summed E-state index contributed by atoms with van der Waals surface area (Å²) in [7, 11) is -4.25. The van der Waals surface area contributed by atoms with Crippen molar-refractivity contribution in [1.29, 1.82) is 0 Å². The van der Waals surface area contributed by atoms with Gasteiger partial charge in [0.05, 0.1) is 11.5 Å². The van der Waals surface area contributed by atoms with Crippen molar-refractivity contribution < 1.29 is 22.4 Å². The number of rotatable bonds is 2. The highest BCUT2D eigenvalue weighted by Gasteiger charge is 2.45. The predicted octanol–water partition coefficient (Wildman–Crippen LogP) is 2.55. The van der Waals surface area contributed by atoms with Gasteiger partial charge in [0.2, 0.25) is 0 Å². The summed E-state index contributed by atoms with van der Waals surface area (Å²) in [6.07, 6.45) is 0. The quantitative estimate of drug-likeness (QED) is 0.850. The topological polar surface area (TPSA) is 72.8 Å². The Morgan fingerprint density at radius 3 is 2.25 bits per heavy atom. The van der Waals surface area contributed by atoms with E-state index in [1.54, 1.807) is 13.0 Å². The molecular formula is C14H20O5S. The molecule has 1 saturated heterocycles. The van der Waals surface area contributed by atoms with Crippen LogP contribution < -0.4 is 0 Å². The van der Waals surface area contributed by atoms with Gasteiger partial charge >= 0.3 is 0 Å². The van der Waals surface area contributed by atoms with E-state index in [9.17, 15) is 13.0 Å². The first-order valence-corrected chi connectivity index (χ1v) is 7.83. The third-order valence-electron chi connectivity index (χ3n) is 3.60. The Labute approximate surface area is 119 Å². The van der Waals surface area contributed by atoms with Gasteiger partial charge in [0.25, 0.3) is 10.1 Å². The Bertz CT molecular complexity index is 648. The second-order valence-electron chi connectivity index (χ2n) is 5.88. The predicted molar refractivity (Wildman–Crippen MR) is 74.2 cm³/mol. The van der Waals surface area contributed by atoms with Crippen molar-refractivity contribution in [3.63, 3.8) is 0 Å². The van der Waals surface area contributed by atoms with Crippen molar-refractivity contribution in [1.82, 2.24) is 0 Å². The molecule has 0 spiro atoms. The van der Waals surface area contributed by atoms with Crippen LogP contribution in [0.1, 0.15) is 37.5 Å². The van der Waals surface area contributed by atoms with Crippen LogP contribution in [0.2, 0.25) is 0 Å². The van der Waals surface area contributed by atoms with Crippen LogP contribution in [0.5, 0.6) is 0 Å². The lowest BCUT2D eigenvalue weighted by molar-refractivity contribution is -0.159. The van der Waals surface area contributed by atoms with E-state index in [1.165, 1.54) is 6.07 Å². The highest BCUT2D eigenvalue weighted by molar-refractivity contribution is 7.85. The molecular weight excluding hydrogens is 280 g/mol. The second kappa shape index (κ2) is 4.53. The number of aryl methyl sites for hydroxylation is 1. The van der Waals surface area contributed by atoms with Crippen LogP contribution in [0.4, 0.5) is 0 Å². The van der Waals surface area contributed by atoms with Crippen molar-refractivity contribution in [2.24, 2.45) is 0 Å². The molecule has 5 nitrogen and oxygen atoms in total. The SMILES string of the molecule is Cc1ccc(S(=O)(=O)O)c(C)c1[C@]1(C)COC(C)(C)O1. The summed E-state index contributed by atoms with van der Waals surface area (Å²) < 4.78 is 43.8. The van der Waals surface area contributed by atoms with Crippen LogP contribution >= 0.6 is 0 Å². The maximum Gasteiger partial charge on any atom is 0.294 e. The fourth-order valence-electron chi connectivity index (χ4n) is 2.96. The first-order valence-electron chi connectivity index (χ1n) is 6.39. The highest BCUT2D eigenvalue weighted by Crippen LogP contribution is 2.42. The minimum atomic E-state index is -4.25. The zero-order chi connectivity index (χ0) is 15.3. The van der Waals surface area contributed by atoms with Crippen LogP contribution in [-0.2, 0) is 25.2 Å². The maximum absolute atomic E-state index is 11.4. The van der Waals surface area contributed by atoms with Gasteiger partial charge in [-0.05, 0) is 57.4 Å². The molecule has 1 aromatic rings. The Balaban J connectivity index is 2.64. The number of hydrogen-bond donors (Lipinski definition) is 1. The molecule has 1 atom stereocenters. The van der Waals surface area contributed by atoms with Gasteiger partial charge in [0, 0.05) is 0 Å². The van der Waals surface area contributed by atoms with Crippen LogP contribution in [-0.4, -0.2) is 25.4 Å². The van der Waals surface area contributed by atoms with Crippen molar-refractivity contribution >= 4 is 10.1 Å². The van der Waals surface area contributed by atoms with Gasteiger partial charge in [-0.1, -0.05) is 6.07 Å². The van der Waals surface area contributed by atoms with E-state index in [0.717, 1.165) is 11.1 Å². The molecule has 2 rings (SSSR count). The van der Waals surface area contributed by atoms with Gasteiger partial charge in [-0.3, -0.25) is 4.55 Å². The summed E-state index contributed by atoms with van der Waals surface area (Å²) in [6.45, 7) is 9.38. The van der Waals surface area contributed by atoms with Gasteiger partial charge in [0.15, 0.2) is 5.79 Å². The largest absolute Gasteiger partial charge is 0.347 e. The lowest BCUT2D eigenvalue weighted by Crippen LogP contribution is -2.30. The zero-order valence-electron chi connectivity index (χ0n) is 12.4. The first-order chi connectivity index (χ1) is 8.96. The fraction of sp³-hybridized carbons (Fsp3) is 0.571. The van der Waals surface area contributed by atoms with E-state index in [4.69, 9.17) is 9.47 Å². The monoisotopic (exact) mass is 300 g/mol. The molecule has 0 amide bonds. The van der Waals surface area contributed by atoms with Crippen molar-refractivity contribution in [3.05, 3.63) is 28.8 Å². The van der Waals surface area contributed by atoms with Gasteiger partial charge < -0.3 is 9.47 Å². The van der Waals surface area contributed by atoms with Crippen LogP contribution in [0.15, 0.2) is 17.0 Å². The molecule has 0 unspecified atom stereocenters. The maximum atomic E-state index is 11.4. The van der Waals surface area contributed by atoms with E-state index in [0.29, 0.717) is 12.2 Å². The molecule has 1 heterocycles. The molecule has 1 aromatic carbocycles. The summed E-state index contributed by atoms with van der Waals surface area (Å²) in [5, 5.41) is 0. The third kappa shape index (κ3) is 2.61. The summed E-state index contributed by atoms with van der Waals surface area (Å²) in [5.74, 6) is -0.721. The van der Waals surface area contributed by atoms with Crippen LogP contribution in [0, 0.1) is 13.8 Å². The summed E-state index contributed by atoms with van der Waals surface area (Å²) in [4.78, 5) is -0.0902. The second-order valence-corrected chi connectivity index (χ2v) is 7.27. The molecule has 0 aliphatic carbocycles. The van der Waals surface area contributed by atoms with Gasteiger partial charge in [-0.25, -0.2) is 0 Å². The van der Waals surface area contributed by atoms with Crippen molar-refractivity contribution in [2.45, 2.75) is 50.9 Å². The van der Waals surface area contributed by atoms with Crippen molar-refractivity contribution in [3.8, 4) is 0 Å². The molecule has 6 heteroatoms. The van der Waals surface area contributed by atoms with Crippen LogP contribution in [0.3, 0.4) is 0 Å². The number of benzene rings is 1. The first kappa shape index (κ1) is 15.4. The normalized spacial score (nSPS) is 25.9. The molecule has 0 radical (unpaired) electrons. The molecule has 0 saturated carbocycles.